The highest BCUT2D eigenvalue weighted by Crippen LogP contribution is 2.37. The van der Waals surface area contributed by atoms with Gasteiger partial charge in [0.05, 0.1) is 21.9 Å². The fraction of sp³-hybridized carbons (Fsp3) is 0.538. The Morgan fingerprint density at radius 3 is 2.80 bits per heavy atom. The molecule has 0 saturated heterocycles. The van der Waals surface area contributed by atoms with Crippen molar-refractivity contribution in [2.75, 3.05) is 24.2 Å². The minimum atomic E-state index is -0.233. The topological polar surface area (TPSA) is 73.1 Å². The first-order chi connectivity index (χ1) is 9.43. The monoisotopic (exact) mass is 312 g/mol. The van der Waals surface area contributed by atoms with Crippen LogP contribution in [0.15, 0.2) is 5.38 Å². The third-order valence-corrected chi connectivity index (χ3v) is 4.40. The van der Waals surface area contributed by atoms with Crippen LogP contribution in [-0.2, 0) is 4.74 Å². The summed E-state index contributed by atoms with van der Waals surface area (Å²) in [6.07, 6.45) is 0. The molecule has 0 atom stereocenters. The van der Waals surface area contributed by atoms with E-state index >= 15 is 0 Å². The fourth-order valence-corrected chi connectivity index (χ4v) is 3.21. The average molecular weight is 312 g/mol. The number of aryl methyl sites for hydroxylation is 1. The van der Waals surface area contributed by atoms with Crippen LogP contribution in [0, 0.1) is 6.92 Å². The Morgan fingerprint density at radius 2 is 2.20 bits per heavy atom. The van der Waals surface area contributed by atoms with Gasteiger partial charge in [0.1, 0.15) is 10.8 Å². The zero-order chi connectivity index (χ0) is 14.8. The summed E-state index contributed by atoms with van der Waals surface area (Å²) in [5, 5.41) is 7.36. The first-order valence-electron chi connectivity index (χ1n) is 6.48. The summed E-state index contributed by atoms with van der Waals surface area (Å²) < 4.78 is 9.91. The number of thiazole rings is 1. The average Bonchev–Trinajstić information content (AvgIpc) is 2.93. The lowest BCUT2D eigenvalue weighted by Crippen LogP contribution is -2.33. The van der Waals surface area contributed by atoms with Crippen LogP contribution >= 0.6 is 22.9 Å². The summed E-state index contributed by atoms with van der Waals surface area (Å²) in [6.45, 7) is 9.47. The molecule has 2 rings (SSSR count). The van der Waals surface area contributed by atoms with Gasteiger partial charge in [0.15, 0.2) is 0 Å². The van der Waals surface area contributed by atoms with Crippen molar-refractivity contribution in [1.29, 1.82) is 0 Å². The first kappa shape index (κ1) is 15.2. The highest BCUT2D eigenvalue weighted by molar-refractivity contribution is 7.11. The van der Waals surface area contributed by atoms with Crippen molar-refractivity contribution in [3.63, 3.8) is 0 Å². The van der Waals surface area contributed by atoms with Crippen molar-refractivity contribution in [2.45, 2.75) is 33.3 Å². The highest BCUT2D eigenvalue weighted by Gasteiger charge is 2.21. The van der Waals surface area contributed by atoms with Crippen LogP contribution in [0.5, 0.6) is 0 Å². The first-order valence-corrected chi connectivity index (χ1v) is 8.13. The van der Waals surface area contributed by atoms with Gasteiger partial charge in [-0.1, -0.05) is 0 Å². The molecule has 110 valence electrons. The predicted molar refractivity (Wildman–Crippen MR) is 86.6 cm³/mol. The number of nitrogens with one attached hydrogen (secondary N) is 1. The van der Waals surface area contributed by atoms with E-state index < -0.39 is 0 Å². The number of nitrogen functional groups attached to an aromatic ring is 1. The van der Waals surface area contributed by atoms with E-state index in [1.807, 2.05) is 19.2 Å². The molecule has 3 N–H and O–H groups in total. The van der Waals surface area contributed by atoms with E-state index in [0.29, 0.717) is 19.0 Å². The molecule has 0 fully saturated rings. The summed E-state index contributed by atoms with van der Waals surface area (Å²) >= 11 is 2.97. The molecule has 2 heterocycles. The number of hydrogen-bond acceptors (Lipinski definition) is 7. The van der Waals surface area contributed by atoms with Gasteiger partial charge in [0, 0.05) is 18.5 Å². The van der Waals surface area contributed by atoms with E-state index in [-0.39, 0.29) is 5.60 Å². The van der Waals surface area contributed by atoms with E-state index in [0.717, 1.165) is 21.3 Å². The number of aromatic nitrogens is 2. The minimum Gasteiger partial charge on any atom is -0.382 e. The van der Waals surface area contributed by atoms with Gasteiger partial charge < -0.3 is 15.8 Å². The summed E-state index contributed by atoms with van der Waals surface area (Å²) in [4.78, 5) is 4.49. The van der Waals surface area contributed by atoms with E-state index in [4.69, 9.17) is 10.5 Å². The third kappa shape index (κ3) is 3.47. The number of hydrogen-bond donors (Lipinski definition) is 2. The fourth-order valence-electron chi connectivity index (χ4n) is 1.88. The van der Waals surface area contributed by atoms with Gasteiger partial charge in [0.25, 0.3) is 0 Å². The Kier molecular flexibility index (Phi) is 4.62. The van der Waals surface area contributed by atoms with E-state index in [2.05, 4.69) is 28.5 Å². The minimum absolute atomic E-state index is 0.233. The number of nitrogens with two attached hydrogens (primary N) is 1. The smallest absolute Gasteiger partial charge is 0.148 e. The number of rotatable bonds is 6. The van der Waals surface area contributed by atoms with Crippen molar-refractivity contribution >= 4 is 33.7 Å². The molecule has 0 spiro atoms. The lowest BCUT2D eigenvalue weighted by Gasteiger charge is -2.25. The zero-order valence-electron chi connectivity index (χ0n) is 12.2. The normalized spacial score (nSPS) is 11.8. The maximum absolute atomic E-state index is 5.97. The summed E-state index contributed by atoms with van der Waals surface area (Å²) in [7, 11) is 0. The Labute approximate surface area is 127 Å². The molecule has 0 bridgehead atoms. The van der Waals surface area contributed by atoms with E-state index in [1.165, 1.54) is 11.5 Å². The predicted octanol–water partition coefficient (Wildman–Crippen LogP) is 3.38. The van der Waals surface area contributed by atoms with Crippen molar-refractivity contribution in [2.24, 2.45) is 0 Å². The molecule has 0 aromatic carbocycles. The third-order valence-electron chi connectivity index (χ3n) is 2.80. The van der Waals surface area contributed by atoms with Crippen LogP contribution in [0.4, 0.5) is 10.8 Å². The molecule has 0 saturated carbocycles. The molecule has 20 heavy (non-hydrogen) atoms. The van der Waals surface area contributed by atoms with Gasteiger partial charge in [-0.3, -0.25) is 0 Å². The summed E-state index contributed by atoms with van der Waals surface area (Å²) in [5.41, 5.74) is 7.52. The second-order valence-electron chi connectivity index (χ2n) is 5.07. The zero-order valence-corrected chi connectivity index (χ0v) is 13.8. The molecule has 0 unspecified atom stereocenters. The van der Waals surface area contributed by atoms with Crippen molar-refractivity contribution < 1.29 is 4.74 Å². The van der Waals surface area contributed by atoms with Gasteiger partial charge >= 0.3 is 0 Å². The van der Waals surface area contributed by atoms with Gasteiger partial charge in [-0.2, -0.15) is 4.37 Å². The largest absolute Gasteiger partial charge is 0.382 e. The standard InChI is InChI=1S/C13H20N4OS2/c1-5-18-13(3,4)7-15-12-10(11(14)17-20-12)9-6-19-8(2)16-9/h6,15H,5,7H2,1-4H3,(H2,14,17). The molecule has 0 aliphatic carbocycles. The molecule has 2 aromatic rings. The second-order valence-corrected chi connectivity index (χ2v) is 6.91. The van der Waals surface area contributed by atoms with Gasteiger partial charge in [-0.25, -0.2) is 4.98 Å². The second kappa shape index (κ2) is 6.07. The Bertz CT molecular complexity index is 577. The molecule has 2 aromatic heterocycles. The van der Waals surface area contributed by atoms with Crippen LogP contribution in [0.25, 0.3) is 11.3 Å². The molecule has 0 aliphatic heterocycles. The lowest BCUT2D eigenvalue weighted by molar-refractivity contribution is 0.000753. The molecular formula is C13H20N4OS2. The SMILES string of the molecule is CCOC(C)(C)CNc1snc(N)c1-c1csc(C)n1. The van der Waals surface area contributed by atoms with Crippen LogP contribution in [0.1, 0.15) is 25.8 Å². The molecular weight excluding hydrogens is 292 g/mol. The van der Waals surface area contributed by atoms with Crippen molar-refractivity contribution in [3.8, 4) is 11.3 Å². The van der Waals surface area contributed by atoms with Gasteiger partial charge in [0.2, 0.25) is 0 Å². The van der Waals surface area contributed by atoms with Gasteiger partial charge in [-0.05, 0) is 39.2 Å². The lowest BCUT2D eigenvalue weighted by atomic mass is 10.1. The van der Waals surface area contributed by atoms with E-state index in [1.54, 1.807) is 11.3 Å². The van der Waals surface area contributed by atoms with Crippen LogP contribution in [0.2, 0.25) is 0 Å². The maximum Gasteiger partial charge on any atom is 0.148 e. The molecule has 0 amide bonds. The maximum atomic E-state index is 5.97. The Balaban J connectivity index is 2.18. The Morgan fingerprint density at radius 1 is 1.45 bits per heavy atom. The number of ether oxygens (including phenoxy) is 1. The summed E-state index contributed by atoms with van der Waals surface area (Å²) in [6, 6.07) is 0. The highest BCUT2D eigenvalue weighted by atomic mass is 32.1. The molecule has 7 heteroatoms. The van der Waals surface area contributed by atoms with E-state index in [9.17, 15) is 0 Å². The number of anilines is 2. The van der Waals surface area contributed by atoms with Crippen LogP contribution in [-0.4, -0.2) is 28.1 Å². The molecule has 0 radical (unpaired) electrons. The quantitative estimate of drug-likeness (QED) is 0.855. The van der Waals surface area contributed by atoms with Crippen molar-refractivity contribution in [3.05, 3.63) is 10.4 Å². The molecule has 0 aliphatic rings. The Hall–Kier alpha value is -1.18. The van der Waals surface area contributed by atoms with Gasteiger partial charge in [-0.15, -0.1) is 11.3 Å². The number of nitrogens with zero attached hydrogens (tertiary/aromatic N) is 2. The van der Waals surface area contributed by atoms with Crippen LogP contribution < -0.4 is 11.1 Å². The van der Waals surface area contributed by atoms with Crippen LogP contribution in [0.3, 0.4) is 0 Å². The van der Waals surface area contributed by atoms with Crippen molar-refractivity contribution in [1.82, 2.24) is 9.36 Å². The molecule has 5 nitrogen and oxygen atoms in total. The summed E-state index contributed by atoms with van der Waals surface area (Å²) in [5.74, 6) is 0.525.